The number of halogens is 1. The van der Waals surface area contributed by atoms with Crippen LogP contribution in [0.15, 0.2) is 58.1 Å². The van der Waals surface area contributed by atoms with Crippen LogP contribution in [-0.2, 0) is 0 Å². The molecule has 8 nitrogen and oxygen atoms in total. The SMILES string of the molecule is CCNC(=NCCCNC(=O)c1ccccc1)N1CCN(C(=O)c2ccco2)CC1.I. The number of carbonyl (C=O) groups excluding carboxylic acids is 2. The lowest BCUT2D eigenvalue weighted by Gasteiger charge is -2.36. The second-order valence-electron chi connectivity index (χ2n) is 6.97. The first-order valence-corrected chi connectivity index (χ1v) is 10.4. The van der Waals surface area contributed by atoms with Gasteiger partial charge in [-0.2, -0.15) is 0 Å². The third kappa shape index (κ3) is 7.27. The van der Waals surface area contributed by atoms with E-state index in [2.05, 4.69) is 20.5 Å². The Kier molecular flexibility index (Phi) is 10.3. The van der Waals surface area contributed by atoms with E-state index < -0.39 is 0 Å². The van der Waals surface area contributed by atoms with Crippen LogP contribution in [0.4, 0.5) is 0 Å². The van der Waals surface area contributed by atoms with Crippen molar-refractivity contribution in [2.75, 3.05) is 45.8 Å². The maximum Gasteiger partial charge on any atom is 0.289 e. The number of hydrogen-bond acceptors (Lipinski definition) is 4. The first-order chi connectivity index (χ1) is 14.7. The highest BCUT2D eigenvalue weighted by Gasteiger charge is 2.25. The second kappa shape index (κ2) is 13.0. The van der Waals surface area contributed by atoms with E-state index in [0.717, 1.165) is 18.9 Å². The van der Waals surface area contributed by atoms with E-state index in [-0.39, 0.29) is 35.8 Å². The summed E-state index contributed by atoms with van der Waals surface area (Å²) in [6.45, 7) is 6.66. The van der Waals surface area contributed by atoms with Crippen molar-refractivity contribution >= 4 is 41.8 Å². The Labute approximate surface area is 200 Å². The minimum absolute atomic E-state index is 0. The number of piperazine rings is 1. The van der Waals surface area contributed by atoms with Crippen molar-refractivity contribution < 1.29 is 14.0 Å². The lowest BCUT2D eigenvalue weighted by molar-refractivity contribution is 0.0657. The summed E-state index contributed by atoms with van der Waals surface area (Å²) < 4.78 is 5.21. The number of carbonyl (C=O) groups is 2. The third-order valence-corrected chi connectivity index (χ3v) is 4.85. The third-order valence-electron chi connectivity index (χ3n) is 4.85. The van der Waals surface area contributed by atoms with Gasteiger partial charge in [-0.25, -0.2) is 0 Å². The maximum absolute atomic E-state index is 12.4. The number of nitrogens with zero attached hydrogens (tertiary/aromatic N) is 3. The molecule has 0 unspecified atom stereocenters. The lowest BCUT2D eigenvalue weighted by atomic mass is 10.2. The lowest BCUT2D eigenvalue weighted by Crippen LogP contribution is -2.53. The van der Waals surface area contributed by atoms with E-state index in [1.165, 1.54) is 6.26 Å². The molecule has 2 heterocycles. The normalized spacial score (nSPS) is 14.0. The zero-order valence-electron chi connectivity index (χ0n) is 17.8. The predicted molar refractivity (Wildman–Crippen MR) is 131 cm³/mol. The van der Waals surface area contributed by atoms with Gasteiger partial charge in [0.1, 0.15) is 0 Å². The Bertz CT molecular complexity index is 834. The minimum Gasteiger partial charge on any atom is -0.459 e. The topological polar surface area (TPSA) is 90.2 Å². The van der Waals surface area contributed by atoms with E-state index in [1.807, 2.05) is 25.1 Å². The Morgan fingerprint density at radius 3 is 2.35 bits per heavy atom. The zero-order chi connectivity index (χ0) is 21.2. The van der Waals surface area contributed by atoms with Gasteiger partial charge in [-0.15, -0.1) is 24.0 Å². The number of hydrogen-bond donors (Lipinski definition) is 2. The highest BCUT2D eigenvalue weighted by Crippen LogP contribution is 2.09. The molecule has 1 aromatic heterocycles. The molecular weight excluding hydrogens is 509 g/mol. The van der Waals surface area contributed by atoms with Crippen molar-refractivity contribution in [2.45, 2.75) is 13.3 Å². The molecule has 0 atom stereocenters. The Hall–Kier alpha value is -2.56. The summed E-state index contributed by atoms with van der Waals surface area (Å²) in [6, 6.07) is 12.6. The molecule has 0 saturated carbocycles. The van der Waals surface area contributed by atoms with Crippen LogP contribution in [0, 0.1) is 0 Å². The molecule has 1 aromatic carbocycles. The molecule has 2 N–H and O–H groups in total. The van der Waals surface area contributed by atoms with E-state index in [0.29, 0.717) is 50.6 Å². The number of benzene rings is 1. The van der Waals surface area contributed by atoms with Crippen molar-refractivity contribution in [1.82, 2.24) is 20.4 Å². The predicted octanol–water partition coefficient (Wildman–Crippen LogP) is 2.44. The van der Waals surface area contributed by atoms with Crippen molar-refractivity contribution in [3.05, 3.63) is 60.1 Å². The van der Waals surface area contributed by atoms with Gasteiger partial charge in [0.15, 0.2) is 11.7 Å². The van der Waals surface area contributed by atoms with Crippen molar-refractivity contribution in [1.29, 1.82) is 0 Å². The number of guanidine groups is 1. The minimum atomic E-state index is -0.0734. The Balaban J connectivity index is 0.00000341. The van der Waals surface area contributed by atoms with Gasteiger partial charge in [-0.1, -0.05) is 18.2 Å². The molecule has 2 aromatic rings. The van der Waals surface area contributed by atoms with Gasteiger partial charge in [0, 0.05) is 51.4 Å². The number of furan rings is 1. The summed E-state index contributed by atoms with van der Waals surface area (Å²) in [5.41, 5.74) is 0.663. The van der Waals surface area contributed by atoms with Crippen LogP contribution >= 0.6 is 24.0 Å². The maximum atomic E-state index is 12.4. The molecular formula is C22H30IN5O3. The molecule has 1 saturated heterocycles. The molecule has 0 bridgehead atoms. The molecule has 168 valence electrons. The Morgan fingerprint density at radius 2 is 1.71 bits per heavy atom. The van der Waals surface area contributed by atoms with E-state index in [9.17, 15) is 9.59 Å². The fourth-order valence-electron chi connectivity index (χ4n) is 3.26. The summed E-state index contributed by atoms with van der Waals surface area (Å²) in [4.78, 5) is 33.1. The van der Waals surface area contributed by atoms with Gasteiger partial charge in [0.05, 0.1) is 6.26 Å². The summed E-state index contributed by atoms with van der Waals surface area (Å²) in [5, 5.41) is 6.24. The summed E-state index contributed by atoms with van der Waals surface area (Å²) in [7, 11) is 0. The van der Waals surface area contributed by atoms with E-state index in [1.54, 1.807) is 29.2 Å². The van der Waals surface area contributed by atoms with Crippen molar-refractivity contribution in [3.8, 4) is 0 Å². The van der Waals surface area contributed by atoms with E-state index >= 15 is 0 Å². The number of amides is 2. The van der Waals surface area contributed by atoms with Gasteiger partial charge >= 0.3 is 0 Å². The smallest absolute Gasteiger partial charge is 0.289 e. The second-order valence-corrected chi connectivity index (χ2v) is 6.97. The first kappa shape index (κ1) is 24.7. The number of rotatable bonds is 7. The van der Waals surface area contributed by atoms with Crippen LogP contribution in [0.25, 0.3) is 0 Å². The standard InChI is InChI=1S/C22H29N5O3.HI/c1-2-23-22(25-12-7-11-24-20(28)18-8-4-3-5-9-18)27-15-13-26(14-16-27)21(29)19-10-6-17-30-19;/h3-6,8-10,17H,2,7,11-16H2,1H3,(H,23,25)(H,24,28);1H. The van der Waals surface area contributed by atoms with Crippen LogP contribution in [0.1, 0.15) is 34.3 Å². The summed E-state index contributed by atoms with van der Waals surface area (Å²) in [6.07, 6.45) is 2.27. The van der Waals surface area contributed by atoms with Crippen LogP contribution in [0.3, 0.4) is 0 Å². The largest absolute Gasteiger partial charge is 0.459 e. The average Bonchev–Trinajstić information content (AvgIpc) is 3.33. The first-order valence-electron chi connectivity index (χ1n) is 10.4. The summed E-state index contributed by atoms with van der Waals surface area (Å²) in [5.74, 6) is 1.08. The molecule has 2 amide bonds. The molecule has 1 fully saturated rings. The van der Waals surface area contributed by atoms with Crippen LogP contribution < -0.4 is 10.6 Å². The quantitative estimate of drug-likeness (QED) is 0.244. The van der Waals surface area contributed by atoms with Gasteiger partial charge < -0.3 is 24.9 Å². The average molecular weight is 539 g/mol. The zero-order valence-corrected chi connectivity index (χ0v) is 20.1. The molecule has 1 aliphatic rings. The fraction of sp³-hybridized carbons (Fsp3) is 0.409. The molecule has 1 aliphatic heterocycles. The van der Waals surface area contributed by atoms with Gasteiger partial charge in [-0.05, 0) is 37.6 Å². The molecule has 0 spiro atoms. The van der Waals surface area contributed by atoms with Crippen molar-refractivity contribution in [3.63, 3.8) is 0 Å². The Morgan fingerprint density at radius 1 is 1.00 bits per heavy atom. The van der Waals surface area contributed by atoms with Gasteiger partial charge in [0.2, 0.25) is 0 Å². The molecule has 9 heteroatoms. The van der Waals surface area contributed by atoms with E-state index in [4.69, 9.17) is 4.42 Å². The number of nitrogens with one attached hydrogen (secondary N) is 2. The molecule has 0 radical (unpaired) electrons. The molecule has 0 aliphatic carbocycles. The monoisotopic (exact) mass is 539 g/mol. The highest BCUT2D eigenvalue weighted by molar-refractivity contribution is 14.0. The molecule has 31 heavy (non-hydrogen) atoms. The van der Waals surface area contributed by atoms with Gasteiger partial charge in [-0.3, -0.25) is 14.6 Å². The van der Waals surface area contributed by atoms with Crippen LogP contribution in [-0.4, -0.2) is 73.4 Å². The molecule has 3 rings (SSSR count). The van der Waals surface area contributed by atoms with Crippen LogP contribution in [0.2, 0.25) is 0 Å². The number of aliphatic imine (C=N–C) groups is 1. The van der Waals surface area contributed by atoms with Crippen LogP contribution in [0.5, 0.6) is 0 Å². The van der Waals surface area contributed by atoms with Crippen molar-refractivity contribution in [2.24, 2.45) is 4.99 Å². The fourth-order valence-corrected chi connectivity index (χ4v) is 3.26. The summed E-state index contributed by atoms with van der Waals surface area (Å²) >= 11 is 0. The highest BCUT2D eigenvalue weighted by atomic mass is 127. The van der Waals surface area contributed by atoms with Gasteiger partial charge in [0.25, 0.3) is 11.8 Å².